The summed E-state index contributed by atoms with van der Waals surface area (Å²) in [5, 5.41) is 2.36. The summed E-state index contributed by atoms with van der Waals surface area (Å²) in [6.07, 6.45) is 0.495. The molecule has 2 rings (SSSR count). The smallest absolute Gasteiger partial charge is 0.416 e. The van der Waals surface area contributed by atoms with Crippen LogP contribution in [0.25, 0.3) is 0 Å². The summed E-state index contributed by atoms with van der Waals surface area (Å²) >= 11 is 0. The number of hydrogen-bond acceptors (Lipinski definition) is 3. The lowest BCUT2D eigenvalue weighted by Gasteiger charge is -2.15. The van der Waals surface area contributed by atoms with Crippen LogP contribution in [0.3, 0.4) is 0 Å². The van der Waals surface area contributed by atoms with Gasteiger partial charge >= 0.3 is 12.7 Å². The molecule has 2 aromatic rings. The zero-order valence-corrected chi connectivity index (χ0v) is 15.1. The molecule has 0 saturated carbocycles. The number of carbonyl (C=O) groups excluding carboxylic acids is 1. The number of halogens is 2. The van der Waals surface area contributed by atoms with Crippen molar-refractivity contribution in [3.63, 3.8) is 0 Å². The standard InChI is InChI=1S/C20H23F2NO3/c1-4-14-7-9-18(13(3)10-14)25-12-16-8-6-15(5-2)11-17(16)23-20(24)26-19(21)22/h6-11,19H,4-5,12H2,1-3H3,(H,23,24). The molecule has 1 amide bonds. The monoisotopic (exact) mass is 363 g/mol. The van der Waals surface area contributed by atoms with Crippen molar-refractivity contribution in [1.82, 2.24) is 0 Å². The van der Waals surface area contributed by atoms with Gasteiger partial charge in [0.1, 0.15) is 12.4 Å². The van der Waals surface area contributed by atoms with Crippen molar-refractivity contribution >= 4 is 11.8 Å². The zero-order valence-electron chi connectivity index (χ0n) is 15.1. The molecule has 0 saturated heterocycles. The van der Waals surface area contributed by atoms with Gasteiger partial charge in [-0.15, -0.1) is 0 Å². The number of alkyl halides is 2. The highest BCUT2D eigenvalue weighted by atomic mass is 19.3. The second kappa shape index (κ2) is 9.17. The predicted molar refractivity (Wildman–Crippen MR) is 96.8 cm³/mol. The van der Waals surface area contributed by atoms with Crippen LogP contribution >= 0.6 is 0 Å². The fourth-order valence-electron chi connectivity index (χ4n) is 2.55. The summed E-state index contributed by atoms with van der Waals surface area (Å²) in [6, 6.07) is 11.4. The van der Waals surface area contributed by atoms with Gasteiger partial charge in [0.15, 0.2) is 0 Å². The van der Waals surface area contributed by atoms with Crippen molar-refractivity contribution in [3.8, 4) is 5.75 Å². The number of nitrogens with one attached hydrogen (secondary N) is 1. The van der Waals surface area contributed by atoms with Crippen molar-refractivity contribution in [3.05, 3.63) is 58.7 Å². The first-order valence-electron chi connectivity index (χ1n) is 8.52. The van der Waals surface area contributed by atoms with E-state index in [4.69, 9.17) is 4.74 Å². The third kappa shape index (κ3) is 5.44. The Kier molecular flexibility index (Phi) is 6.95. The molecule has 140 valence electrons. The lowest BCUT2D eigenvalue weighted by molar-refractivity contribution is -0.0766. The Morgan fingerprint density at radius 3 is 2.35 bits per heavy atom. The molecular weight excluding hydrogens is 340 g/mol. The number of rotatable bonds is 7. The van der Waals surface area contributed by atoms with Gasteiger partial charge in [-0.25, -0.2) is 4.79 Å². The highest BCUT2D eigenvalue weighted by Gasteiger charge is 2.14. The van der Waals surface area contributed by atoms with Crippen LogP contribution in [0.15, 0.2) is 36.4 Å². The Labute approximate surface area is 152 Å². The molecule has 0 bridgehead atoms. The minimum atomic E-state index is -3.16. The van der Waals surface area contributed by atoms with Gasteiger partial charge in [0.2, 0.25) is 0 Å². The van der Waals surface area contributed by atoms with E-state index in [9.17, 15) is 13.6 Å². The minimum absolute atomic E-state index is 0.195. The lowest BCUT2D eigenvalue weighted by Crippen LogP contribution is -2.18. The SMILES string of the molecule is CCc1ccc(OCc2ccc(CC)cc2NC(=O)OC(F)F)c(C)c1. The van der Waals surface area contributed by atoms with Crippen LogP contribution < -0.4 is 10.1 Å². The molecule has 1 N–H and O–H groups in total. The average molecular weight is 363 g/mol. The molecule has 4 nitrogen and oxygen atoms in total. The van der Waals surface area contributed by atoms with Crippen LogP contribution in [-0.4, -0.2) is 12.7 Å². The van der Waals surface area contributed by atoms with E-state index in [1.54, 1.807) is 6.07 Å². The summed E-state index contributed by atoms with van der Waals surface area (Å²) in [4.78, 5) is 11.5. The highest BCUT2D eigenvalue weighted by Crippen LogP contribution is 2.24. The van der Waals surface area contributed by atoms with E-state index >= 15 is 0 Å². The molecule has 0 aromatic heterocycles. The number of benzene rings is 2. The Morgan fingerprint density at radius 1 is 1.08 bits per heavy atom. The molecule has 0 aliphatic heterocycles. The van der Waals surface area contributed by atoms with E-state index in [0.717, 1.165) is 29.7 Å². The molecule has 2 aromatic carbocycles. The average Bonchev–Trinajstić information content (AvgIpc) is 2.60. The molecule has 0 aliphatic rings. The molecule has 0 radical (unpaired) electrons. The molecule has 0 atom stereocenters. The predicted octanol–water partition coefficient (Wildman–Crippen LogP) is 5.47. The van der Waals surface area contributed by atoms with Crippen LogP contribution in [0.4, 0.5) is 19.3 Å². The quantitative estimate of drug-likeness (QED) is 0.709. The number of anilines is 1. The third-order valence-corrected chi connectivity index (χ3v) is 4.05. The minimum Gasteiger partial charge on any atom is -0.489 e. The van der Waals surface area contributed by atoms with E-state index in [1.165, 1.54) is 5.56 Å². The van der Waals surface area contributed by atoms with Gasteiger partial charge in [-0.3, -0.25) is 5.32 Å². The Balaban J connectivity index is 2.16. The number of hydrogen-bond donors (Lipinski definition) is 1. The number of ether oxygens (including phenoxy) is 2. The number of amides is 1. The van der Waals surface area contributed by atoms with Gasteiger partial charge in [0.05, 0.1) is 5.69 Å². The second-order valence-electron chi connectivity index (χ2n) is 5.88. The van der Waals surface area contributed by atoms with Gasteiger partial charge in [-0.05, 0) is 48.6 Å². The van der Waals surface area contributed by atoms with Gasteiger partial charge in [-0.2, -0.15) is 8.78 Å². The third-order valence-electron chi connectivity index (χ3n) is 4.05. The second-order valence-corrected chi connectivity index (χ2v) is 5.88. The topological polar surface area (TPSA) is 47.6 Å². The van der Waals surface area contributed by atoms with Crippen LogP contribution in [0.2, 0.25) is 0 Å². The summed E-state index contributed by atoms with van der Waals surface area (Å²) in [5.74, 6) is 0.739. The molecule has 0 unspecified atom stereocenters. The fourth-order valence-corrected chi connectivity index (χ4v) is 2.55. The first-order chi connectivity index (χ1) is 12.4. The van der Waals surface area contributed by atoms with E-state index in [1.807, 2.05) is 38.1 Å². The molecular formula is C20H23F2NO3. The van der Waals surface area contributed by atoms with Gasteiger partial charge in [0.25, 0.3) is 0 Å². The Morgan fingerprint density at radius 2 is 1.73 bits per heavy atom. The number of aryl methyl sites for hydroxylation is 3. The van der Waals surface area contributed by atoms with Crippen molar-refractivity contribution in [1.29, 1.82) is 0 Å². The lowest BCUT2D eigenvalue weighted by atomic mass is 10.1. The first kappa shape index (κ1) is 19.7. The van der Waals surface area contributed by atoms with E-state index in [0.29, 0.717) is 11.3 Å². The molecule has 0 fully saturated rings. The van der Waals surface area contributed by atoms with Gasteiger partial charge in [0, 0.05) is 5.56 Å². The maximum atomic E-state index is 12.2. The largest absolute Gasteiger partial charge is 0.489 e. The van der Waals surface area contributed by atoms with Crippen LogP contribution in [-0.2, 0) is 24.2 Å². The molecule has 0 heterocycles. The maximum absolute atomic E-state index is 12.2. The molecule has 6 heteroatoms. The van der Waals surface area contributed by atoms with E-state index in [-0.39, 0.29) is 6.61 Å². The van der Waals surface area contributed by atoms with Crippen molar-refractivity contribution in [2.75, 3.05) is 5.32 Å². The first-order valence-corrected chi connectivity index (χ1v) is 8.52. The fraction of sp³-hybridized carbons (Fsp3) is 0.350. The van der Waals surface area contributed by atoms with Gasteiger partial charge < -0.3 is 9.47 Å². The number of carbonyl (C=O) groups is 1. The normalized spacial score (nSPS) is 10.7. The highest BCUT2D eigenvalue weighted by molar-refractivity contribution is 5.85. The molecule has 0 spiro atoms. The summed E-state index contributed by atoms with van der Waals surface area (Å²) < 4.78 is 34.1. The van der Waals surface area contributed by atoms with Crippen molar-refractivity contribution < 1.29 is 23.0 Å². The summed E-state index contributed by atoms with van der Waals surface area (Å²) in [7, 11) is 0. The van der Waals surface area contributed by atoms with Crippen LogP contribution in [0.5, 0.6) is 5.75 Å². The van der Waals surface area contributed by atoms with Crippen molar-refractivity contribution in [2.24, 2.45) is 0 Å². The summed E-state index contributed by atoms with van der Waals surface area (Å²) in [5.41, 5.74) is 4.27. The van der Waals surface area contributed by atoms with Crippen LogP contribution in [0.1, 0.15) is 36.1 Å². The van der Waals surface area contributed by atoms with Crippen molar-refractivity contribution in [2.45, 2.75) is 46.8 Å². The van der Waals surface area contributed by atoms with E-state index in [2.05, 4.69) is 23.0 Å². The Hall–Kier alpha value is -2.63. The van der Waals surface area contributed by atoms with Crippen LogP contribution in [0, 0.1) is 6.92 Å². The Bertz CT molecular complexity index is 763. The maximum Gasteiger partial charge on any atom is 0.416 e. The summed E-state index contributed by atoms with van der Waals surface area (Å²) in [6.45, 7) is 3.05. The van der Waals surface area contributed by atoms with E-state index < -0.39 is 12.7 Å². The molecule has 26 heavy (non-hydrogen) atoms. The molecule has 0 aliphatic carbocycles. The van der Waals surface area contributed by atoms with Gasteiger partial charge in [-0.1, -0.05) is 38.1 Å². The zero-order chi connectivity index (χ0) is 19.1.